The van der Waals surface area contributed by atoms with Gasteiger partial charge in [0, 0.05) is 20.1 Å². The minimum Gasteiger partial charge on any atom is -0.811 e. The monoisotopic (exact) mass is 413 g/mol. The minimum absolute atomic E-state index is 0. The molecule has 1 radical (unpaired) electrons. The SMILES string of the molecule is [Ir].[N-]=C/C=C\Nc1[c-]cc(-c2ccccc2)cc1. The molecular formula is C15H12IrN2-2. The van der Waals surface area contributed by atoms with E-state index in [4.69, 9.17) is 5.41 Å². The van der Waals surface area contributed by atoms with E-state index in [9.17, 15) is 0 Å². The molecule has 2 nitrogen and oxygen atoms in total. The summed E-state index contributed by atoms with van der Waals surface area (Å²) < 4.78 is 0. The van der Waals surface area contributed by atoms with Gasteiger partial charge in [0.1, 0.15) is 0 Å². The van der Waals surface area contributed by atoms with Crippen molar-refractivity contribution in [1.82, 2.24) is 0 Å². The first-order valence-corrected chi connectivity index (χ1v) is 5.36. The van der Waals surface area contributed by atoms with Gasteiger partial charge in [0.05, 0.1) is 0 Å². The van der Waals surface area contributed by atoms with Crippen molar-refractivity contribution in [3.05, 3.63) is 72.3 Å². The zero-order chi connectivity index (χ0) is 11.9. The molecule has 0 aliphatic heterocycles. The Morgan fingerprint density at radius 2 is 1.78 bits per heavy atom. The molecule has 2 rings (SSSR count). The summed E-state index contributed by atoms with van der Waals surface area (Å²) in [6, 6.07) is 19.2. The molecule has 1 N–H and O–H groups in total. The van der Waals surface area contributed by atoms with Gasteiger partial charge in [-0.1, -0.05) is 47.7 Å². The largest absolute Gasteiger partial charge is 0.811 e. The number of hydrogen-bond acceptors (Lipinski definition) is 1. The van der Waals surface area contributed by atoms with Crippen molar-refractivity contribution in [1.29, 1.82) is 0 Å². The fraction of sp³-hybridized carbons (Fsp3) is 0. The molecule has 0 unspecified atom stereocenters. The van der Waals surface area contributed by atoms with Crippen molar-refractivity contribution >= 4 is 11.9 Å². The molecule has 18 heavy (non-hydrogen) atoms. The summed E-state index contributed by atoms with van der Waals surface area (Å²) in [6.45, 7) is 0. The first kappa shape index (κ1) is 14.4. The molecule has 0 saturated carbocycles. The number of rotatable bonds is 4. The molecule has 0 heterocycles. The first-order chi connectivity index (χ1) is 8.40. The van der Waals surface area contributed by atoms with E-state index in [1.807, 2.05) is 36.4 Å². The first-order valence-electron chi connectivity index (χ1n) is 5.36. The van der Waals surface area contributed by atoms with Crippen LogP contribution in [-0.2, 0) is 20.1 Å². The second-order valence-electron chi connectivity index (χ2n) is 3.51. The van der Waals surface area contributed by atoms with E-state index in [-0.39, 0.29) is 20.1 Å². The fourth-order valence-electron chi connectivity index (χ4n) is 1.51. The Morgan fingerprint density at radius 1 is 1.00 bits per heavy atom. The number of nitrogens with one attached hydrogen (secondary N) is 1. The van der Waals surface area contributed by atoms with Crippen LogP contribution in [0.15, 0.2) is 60.8 Å². The van der Waals surface area contributed by atoms with Gasteiger partial charge in [0.15, 0.2) is 0 Å². The zero-order valence-corrected chi connectivity index (χ0v) is 12.0. The predicted octanol–water partition coefficient (Wildman–Crippen LogP) is 3.72. The molecule has 0 aliphatic carbocycles. The fourth-order valence-corrected chi connectivity index (χ4v) is 1.51. The topological polar surface area (TPSA) is 34.3 Å². The number of anilines is 1. The summed E-state index contributed by atoms with van der Waals surface area (Å²) in [5, 5.41) is 11.5. The van der Waals surface area contributed by atoms with E-state index in [1.165, 1.54) is 11.6 Å². The predicted molar refractivity (Wildman–Crippen MR) is 72.9 cm³/mol. The third-order valence-electron chi connectivity index (χ3n) is 2.34. The average molecular weight is 412 g/mol. The van der Waals surface area contributed by atoms with Gasteiger partial charge in [-0.3, -0.25) is 0 Å². The van der Waals surface area contributed by atoms with Crippen molar-refractivity contribution < 1.29 is 20.1 Å². The maximum atomic E-state index is 8.48. The Bertz CT molecular complexity index is 504. The number of allylic oxidation sites excluding steroid dienone is 1. The summed E-state index contributed by atoms with van der Waals surface area (Å²) in [7, 11) is 0. The molecule has 0 amide bonds. The number of nitrogens with zero attached hydrogens (tertiary/aromatic N) is 1. The summed E-state index contributed by atoms with van der Waals surface area (Å²) in [6.07, 6.45) is 4.14. The van der Waals surface area contributed by atoms with Crippen LogP contribution < -0.4 is 5.32 Å². The van der Waals surface area contributed by atoms with Gasteiger partial charge in [0.25, 0.3) is 0 Å². The van der Waals surface area contributed by atoms with Crippen LogP contribution in [0.2, 0.25) is 0 Å². The van der Waals surface area contributed by atoms with Crippen molar-refractivity contribution in [3.8, 4) is 11.1 Å². The van der Waals surface area contributed by atoms with E-state index in [0.717, 1.165) is 17.5 Å². The molecule has 0 saturated heterocycles. The summed E-state index contributed by atoms with van der Waals surface area (Å²) in [5.74, 6) is 0. The Morgan fingerprint density at radius 3 is 2.39 bits per heavy atom. The molecule has 0 bridgehead atoms. The Hall–Kier alpha value is -1.70. The molecule has 0 aromatic heterocycles. The normalized spacial score (nSPS) is 9.78. The molecule has 0 fully saturated rings. The van der Waals surface area contributed by atoms with Gasteiger partial charge in [-0.25, -0.2) is 0 Å². The van der Waals surface area contributed by atoms with Gasteiger partial charge in [0.2, 0.25) is 0 Å². The zero-order valence-electron chi connectivity index (χ0n) is 9.63. The van der Waals surface area contributed by atoms with Crippen molar-refractivity contribution in [3.63, 3.8) is 0 Å². The summed E-state index contributed by atoms with van der Waals surface area (Å²) >= 11 is 0. The standard InChI is InChI=1S/C15H12N2.Ir/c16-11-4-12-17-15-9-7-14(8-10-15)13-5-2-1-3-6-13;/h1-9,11-12,17H;/q-2;/b12-4-;. The van der Waals surface area contributed by atoms with Gasteiger partial charge in [-0.15, -0.1) is 11.6 Å². The molecule has 93 valence electrons. The molecule has 2 aromatic carbocycles. The van der Waals surface area contributed by atoms with Gasteiger partial charge >= 0.3 is 0 Å². The molecule has 0 aliphatic rings. The Labute approximate surface area is 121 Å². The maximum absolute atomic E-state index is 8.48. The van der Waals surface area contributed by atoms with Crippen LogP contribution in [0.5, 0.6) is 0 Å². The van der Waals surface area contributed by atoms with Crippen LogP contribution >= 0.6 is 0 Å². The molecule has 0 atom stereocenters. The van der Waals surface area contributed by atoms with Crippen LogP contribution in [-0.4, -0.2) is 6.21 Å². The van der Waals surface area contributed by atoms with E-state index < -0.39 is 0 Å². The summed E-state index contributed by atoms with van der Waals surface area (Å²) in [4.78, 5) is 0. The third kappa shape index (κ3) is 3.95. The van der Waals surface area contributed by atoms with Crippen molar-refractivity contribution in [2.45, 2.75) is 0 Å². The van der Waals surface area contributed by atoms with E-state index in [0.29, 0.717) is 0 Å². The smallest absolute Gasteiger partial charge is 0 e. The Kier molecular flexibility index (Phi) is 6.06. The van der Waals surface area contributed by atoms with E-state index >= 15 is 0 Å². The Balaban J connectivity index is 0.00000162. The maximum Gasteiger partial charge on any atom is 0 e. The number of benzene rings is 2. The van der Waals surface area contributed by atoms with Crippen LogP contribution in [0.3, 0.4) is 0 Å². The van der Waals surface area contributed by atoms with E-state index in [2.05, 4.69) is 23.5 Å². The summed E-state index contributed by atoms with van der Waals surface area (Å²) in [5.41, 5.74) is 3.17. The van der Waals surface area contributed by atoms with Crippen LogP contribution in [0.25, 0.3) is 16.5 Å². The second-order valence-corrected chi connectivity index (χ2v) is 3.51. The quantitative estimate of drug-likeness (QED) is 0.603. The van der Waals surface area contributed by atoms with Crippen molar-refractivity contribution in [2.75, 3.05) is 5.32 Å². The van der Waals surface area contributed by atoms with Crippen LogP contribution in [0.1, 0.15) is 0 Å². The van der Waals surface area contributed by atoms with E-state index in [1.54, 1.807) is 6.20 Å². The molecule has 2 aromatic rings. The number of hydrogen-bond donors (Lipinski definition) is 1. The van der Waals surface area contributed by atoms with Gasteiger partial charge in [-0.2, -0.15) is 24.4 Å². The second kappa shape index (κ2) is 7.59. The molecular weight excluding hydrogens is 400 g/mol. The van der Waals surface area contributed by atoms with Crippen LogP contribution in [0.4, 0.5) is 5.69 Å². The minimum atomic E-state index is 0. The molecule has 0 spiro atoms. The average Bonchev–Trinajstić information content (AvgIpc) is 2.41. The molecule has 3 heteroatoms. The van der Waals surface area contributed by atoms with Crippen molar-refractivity contribution in [2.24, 2.45) is 0 Å². The van der Waals surface area contributed by atoms with Gasteiger partial charge < -0.3 is 10.7 Å². The third-order valence-corrected chi connectivity index (χ3v) is 2.34. The van der Waals surface area contributed by atoms with Gasteiger partial charge in [-0.05, 0) is 6.20 Å². The van der Waals surface area contributed by atoms with Crippen LogP contribution in [0, 0.1) is 6.07 Å².